The van der Waals surface area contributed by atoms with Crippen molar-refractivity contribution in [3.63, 3.8) is 0 Å². The number of amides is 1. The first-order chi connectivity index (χ1) is 15.0. The zero-order chi connectivity index (χ0) is 21.6. The zero-order valence-electron chi connectivity index (χ0n) is 17.3. The molecule has 1 aliphatic heterocycles. The number of carbonyl (C=O) groups is 1. The second kappa shape index (κ2) is 7.55. The van der Waals surface area contributed by atoms with Gasteiger partial charge < -0.3 is 14.7 Å². The van der Waals surface area contributed by atoms with Gasteiger partial charge in [0.15, 0.2) is 5.75 Å². The van der Waals surface area contributed by atoms with E-state index in [0.29, 0.717) is 13.0 Å². The lowest BCUT2D eigenvalue weighted by molar-refractivity contribution is -0.386. The summed E-state index contributed by atoms with van der Waals surface area (Å²) in [5, 5.41) is 21.7. The molecule has 1 N–H and O–H groups in total. The van der Waals surface area contributed by atoms with E-state index < -0.39 is 4.92 Å². The van der Waals surface area contributed by atoms with Crippen LogP contribution < -0.4 is 0 Å². The number of fused-ring (bicyclic) bond motifs is 1. The Morgan fingerprint density at radius 3 is 2.81 bits per heavy atom. The molecule has 1 unspecified atom stereocenters. The molecule has 1 saturated carbocycles. The van der Waals surface area contributed by atoms with Gasteiger partial charge in [0.2, 0.25) is 0 Å². The molecule has 5 rings (SSSR count). The lowest BCUT2D eigenvalue weighted by Gasteiger charge is -2.58. The quantitative estimate of drug-likeness (QED) is 0.572. The fourth-order valence-electron chi connectivity index (χ4n) is 6.21. The predicted molar refractivity (Wildman–Crippen MR) is 114 cm³/mol. The Morgan fingerprint density at radius 2 is 2.03 bits per heavy atom. The number of hydrogen-bond acceptors (Lipinski definition) is 5. The summed E-state index contributed by atoms with van der Waals surface area (Å²) in [5.41, 5.74) is 2.49. The summed E-state index contributed by atoms with van der Waals surface area (Å²) in [5.74, 6) is 0.0261. The normalized spacial score (nSPS) is 26.5. The number of rotatable bonds is 3. The van der Waals surface area contributed by atoms with Gasteiger partial charge in [-0.15, -0.1) is 0 Å². The van der Waals surface area contributed by atoms with Gasteiger partial charge >= 0.3 is 11.8 Å². The summed E-state index contributed by atoms with van der Waals surface area (Å²) in [6.07, 6.45) is 5.26. The van der Waals surface area contributed by atoms with Crippen LogP contribution in [-0.4, -0.2) is 33.6 Å². The number of nitro benzene ring substituents is 1. The maximum Gasteiger partial charge on any atom is 0.410 e. The SMILES string of the molecule is O=C(OCc1ccccc1)N1CC[C@@]23CCCCC2[C@@H]1Cc1cc([N+](=O)[O-])c(O)cc13. The number of hydrogen-bond donors (Lipinski definition) is 1. The smallest absolute Gasteiger partial charge is 0.410 e. The third-order valence-electron chi connectivity index (χ3n) is 7.56. The van der Waals surface area contributed by atoms with Crippen LogP contribution in [-0.2, 0) is 23.2 Å². The molecule has 2 aromatic rings. The monoisotopic (exact) mass is 422 g/mol. The minimum Gasteiger partial charge on any atom is -0.502 e. The van der Waals surface area contributed by atoms with E-state index in [4.69, 9.17) is 4.74 Å². The van der Waals surface area contributed by atoms with Crippen LogP contribution in [0.15, 0.2) is 42.5 Å². The van der Waals surface area contributed by atoms with Crippen LogP contribution >= 0.6 is 0 Å². The van der Waals surface area contributed by atoms with Crippen LogP contribution in [0.4, 0.5) is 10.5 Å². The summed E-state index contributed by atoms with van der Waals surface area (Å²) >= 11 is 0. The predicted octanol–water partition coefficient (Wildman–Crippen LogP) is 4.70. The average molecular weight is 422 g/mol. The van der Waals surface area contributed by atoms with Gasteiger partial charge in [-0.1, -0.05) is 43.2 Å². The maximum atomic E-state index is 13.0. The van der Waals surface area contributed by atoms with Gasteiger partial charge in [-0.2, -0.15) is 0 Å². The first-order valence-corrected chi connectivity index (χ1v) is 11.0. The molecule has 1 heterocycles. The van der Waals surface area contributed by atoms with E-state index >= 15 is 0 Å². The van der Waals surface area contributed by atoms with E-state index in [2.05, 4.69) is 0 Å². The average Bonchev–Trinajstić information content (AvgIpc) is 2.78. The minimum absolute atomic E-state index is 0.0334. The Hall–Kier alpha value is -3.09. The molecule has 0 spiro atoms. The number of nitrogens with zero attached hydrogens (tertiary/aromatic N) is 2. The largest absolute Gasteiger partial charge is 0.502 e. The summed E-state index contributed by atoms with van der Waals surface area (Å²) in [7, 11) is 0. The van der Waals surface area contributed by atoms with Crippen molar-refractivity contribution >= 4 is 11.8 Å². The molecule has 2 aliphatic carbocycles. The zero-order valence-corrected chi connectivity index (χ0v) is 17.3. The number of phenols is 1. The van der Waals surface area contributed by atoms with E-state index in [1.54, 1.807) is 6.07 Å². The van der Waals surface area contributed by atoms with Crippen LogP contribution in [0, 0.1) is 16.0 Å². The van der Waals surface area contributed by atoms with E-state index in [1.165, 1.54) is 6.07 Å². The highest BCUT2D eigenvalue weighted by Gasteiger charge is 2.55. The molecule has 0 radical (unpaired) electrons. The number of benzene rings is 2. The molecular weight excluding hydrogens is 396 g/mol. The summed E-state index contributed by atoms with van der Waals surface area (Å²) in [6, 6.07) is 12.7. The lowest BCUT2D eigenvalue weighted by Crippen LogP contribution is -2.62. The number of ether oxygens (including phenoxy) is 1. The number of carbonyl (C=O) groups excluding carboxylic acids is 1. The Balaban J connectivity index is 1.46. The van der Waals surface area contributed by atoms with Crippen LogP contribution in [0.25, 0.3) is 0 Å². The third kappa shape index (κ3) is 3.23. The fourth-order valence-corrected chi connectivity index (χ4v) is 6.21. The molecule has 1 saturated heterocycles. The van der Waals surface area contributed by atoms with Crippen molar-refractivity contribution in [2.75, 3.05) is 6.54 Å². The highest BCUT2D eigenvalue weighted by Crippen LogP contribution is 2.57. The van der Waals surface area contributed by atoms with Gasteiger partial charge in [0.25, 0.3) is 0 Å². The first kappa shape index (κ1) is 19.8. The summed E-state index contributed by atoms with van der Waals surface area (Å²) < 4.78 is 5.64. The van der Waals surface area contributed by atoms with Crippen LogP contribution in [0.5, 0.6) is 5.75 Å². The molecule has 3 atom stereocenters. The highest BCUT2D eigenvalue weighted by molar-refractivity contribution is 5.69. The highest BCUT2D eigenvalue weighted by atomic mass is 16.6. The molecule has 2 bridgehead atoms. The molecule has 2 aromatic carbocycles. The van der Waals surface area contributed by atoms with E-state index in [-0.39, 0.29) is 41.5 Å². The van der Waals surface area contributed by atoms with Crippen molar-refractivity contribution in [2.45, 2.75) is 56.6 Å². The molecule has 0 aromatic heterocycles. The van der Waals surface area contributed by atoms with E-state index in [1.807, 2.05) is 35.2 Å². The van der Waals surface area contributed by atoms with Crippen molar-refractivity contribution in [1.82, 2.24) is 4.90 Å². The number of nitro groups is 1. The number of phenolic OH excluding ortho intramolecular Hbond substituents is 1. The third-order valence-corrected chi connectivity index (χ3v) is 7.56. The Kier molecular flexibility index (Phi) is 4.84. The molecule has 1 amide bonds. The Labute approximate surface area is 180 Å². The second-order valence-electron chi connectivity index (χ2n) is 9.02. The molecular formula is C24H26N2O5. The van der Waals surface area contributed by atoms with Crippen LogP contribution in [0.3, 0.4) is 0 Å². The maximum absolute atomic E-state index is 13.0. The van der Waals surface area contributed by atoms with Gasteiger partial charge in [-0.05, 0) is 54.4 Å². The van der Waals surface area contributed by atoms with Crippen LogP contribution in [0.2, 0.25) is 0 Å². The van der Waals surface area contributed by atoms with Gasteiger partial charge in [0.05, 0.1) is 4.92 Å². The van der Waals surface area contributed by atoms with Crippen molar-refractivity contribution in [1.29, 1.82) is 0 Å². The molecule has 162 valence electrons. The fraction of sp³-hybridized carbons (Fsp3) is 0.458. The topological polar surface area (TPSA) is 92.9 Å². The summed E-state index contributed by atoms with van der Waals surface area (Å²) in [4.78, 5) is 25.7. The van der Waals surface area contributed by atoms with E-state index in [9.17, 15) is 20.0 Å². The number of aromatic hydroxyl groups is 1. The first-order valence-electron chi connectivity index (χ1n) is 11.0. The van der Waals surface area contributed by atoms with Gasteiger partial charge in [-0.25, -0.2) is 4.79 Å². The van der Waals surface area contributed by atoms with Gasteiger partial charge in [-0.3, -0.25) is 10.1 Å². The standard InChI is InChI=1S/C24H26N2O5/c27-22-14-19-17(13-21(22)26(29)30)12-20-18-8-4-5-9-24(18,19)10-11-25(20)23(28)31-15-16-6-2-1-3-7-16/h1-3,6-7,13-14,18,20,27H,4-5,8-12,15H2/t18?,20-,24-/m0/s1. The van der Waals surface area contributed by atoms with Crippen molar-refractivity contribution in [3.05, 3.63) is 69.3 Å². The van der Waals surface area contributed by atoms with Crippen molar-refractivity contribution in [2.24, 2.45) is 5.92 Å². The second-order valence-corrected chi connectivity index (χ2v) is 9.02. The molecule has 31 heavy (non-hydrogen) atoms. The van der Waals surface area contributed by atoms with Crippen molar-refractivity contribution in [3.8, 4) is 5.75 Å². The number of likely N-dealkylation sites (tertiary alicyclic amines) is 1. The molecule has 7 nitrogen and oxygen atoms in total. The Bertz CT molecular complexity index is 1020. The number of piperidine rings is 1. The molecule has 3 aliphatic rings. The minimum atomic E-state index is -0.540. The molecule has 2 fully saturated rings. The van der Waals surface area contributed by atoms with Crippen LogP contribution in [0.1, 0.15) is 48.8 Å². The van der Waals surface area contributed by atoms with E-state index in [0.717, 1.165) is 48.8 Å². The van der Waals surface area contributed by atoms with Crippen molar-refractivity contribution < 1.29 is 19.6 Å². The summed E-state index contributed by atoms with van der Waals surface area (Å²) in [6.45, 7) is 0.834. The molecule has 7 heteroatoms. The van der Waals surface area contributed by atoms with Gasteiger partial charge in [0, 0.05) is 24.1 Å². The lowest BCUT2D eigenvalue weighted by atomic mass is 9.52. The Morgan fingerprint density at radius 1 is 1.23 bits per heavy atom. The van der Waals surface area contributed by atoms with Gasteiger partial charge in [0.1, 0.15) is 6.61 Å².